The van der Waals surface area contributed by atoms with E-state index >= 15 is 0 Å². The number of rotatable bonds is 6. The number of pyridine rings is 1. The first-order valence-electron chi connectivity index (χ1n) is 7.05. The Morgan fingerprint density at radius 3 is 2.78 bits per heavy atom. The molecule has 2 aromatic rings. The first kappa shape index (κ1) is 16.7. The molecule has 0 aliphatic rings. The largest absolute Gasteiger partial charge is 0.434 e. The fourth-order valence-electron chi connectivity index (χ4n) is 1.99. The van der Waals surface area contributed by atoms with E-state index in [1.54, 1.807) is 19.2 Å². The average molecular weight is 321 g/mol. The zero-order chi connectivity index (χ0) is 16.7. The van der Waals surface area contributed by atoms with Crippen LogP contribution in [0, 0.1) is 6.92 Å². The number of nitrogens with one attached hydrogen (secondary N) is 2. The summed E-state index contributed by atoms with van der Waals surface area (Å²) in [5, 5.41) is 5.30. The van der Waals surface area contributed by atoms with E-state index in [1.807, 2.05) is 18.2 Å². The lowest BCUT2D eigenvalue weighted by Gasteiger charge is -2.13. The van der Waals surface area contributed by atoms with Crippen molar-refractivity contribution in [1.82, 2.24) is 10.3 Å². The van der Waals surface area contributed by atoms with Gasteiger partial charge in [-0.3, -0.25) is 4.98 Å². The fraction of sp³-hybridized carbons (Fsp3) is 0.250. The third-order valence-electron chi connectivity index (χ3n) is 3.14. The van der Waals surface area contributed by atoms with E-state index in [9.17, 15) is 13.6 Å². The van der Waals surface area contributed by atoms with E-state index in [2.05, 4.69) is 20.4 Å². The van der Waals surface area contributed by atoms with Gasteiger partial charge in [-0.05, 0) is 31.2 Å². The molecule has 0 unspecified atom stereocenters. The van der Waals surface area contributed by atoms with Gasteiger partial charge in [0.1, 0.15) is 5.75 Å². The molecule has 0 atom stereocenters. The van der Waals surface area contributed by atoms with Crippen molar-refractivity contribution >= 4 is 11.7 Å². The lowest BCUT2D eigenvalue weighted by atomic mass is 10.2. The Labute approximate surface area is 132 Å². The molecule has 0 saturated heterocycles. The number of hydrogen-bond acceptors (Lipinski definition) is 3. The number of benzene rings is 1. The van der Waals surface area contributed by atoms with Crippen LogP contribution in [0.15, 0.2) is 42.6 Å². The molecule has 0 saturated carbocycles. The zero-order valence-electron chi connectivity index (χ0n) is 12.6. The van der Waals surface area contributed by atoms with Crippen LogP contribution in [-0.2, 0) is 6.42 Å². The van der Waals surface area contributed by atoms with E-state index in [0.717, 1.165) is 5.69 Å². The van der Waals surface area contributed by atoms with E-state index in [1.165, 1.54) is 12.1 Å². The van der Waals surface area contributed by atoms with Crippen molar-refractivity contribution < 1.29 is 18.3 Å². The number of hydrogen-bond donors (Lipinski definition) is 2. The van der Waals surface area contributed by atoms with Crippen molar-refractivity contribution in [2.75, 3.05) is 11.9 Å². The summed E-state index contributed by atoms with van der Waals surface area (Å²) in [6.07, 6.45) is 2.29. The highest BCUT2D eigenvalue weighted by atomic mass is 19.3. The minimum Gasteiger partial charge on any atom is -0.434 e. The summed E-state index contributed by atoms with van der Waals surface area (Å²) in [5.74, 6) is 0.0336. The summed E-state index contributed by atoms with van der Waals surface area (Å²) >= 11 is 0. The molecule has 5 nitrogen and oxygen atoms in total. The van der Waals surface area contributed by atoms with Crippen LogP contribution in [0.25, 0.3) is 0 Å². The van der Waals surface area contributed by atoms with Crippen LogP contribution in [0.1, 0.15) is 11.3 Å². The van der Waals surface area contributed by atoms with Gasteiger partial charge >= 0.3 is 12.6 Å². The van der Waals surface area contributed by atoms with Gasteiger partial charge in [0, 0.05) is 36.1 Å². The lowest BCUT2D eigenvalue weighted by Crippen LogP contribution is -2.30. The highest BCUT2D eigenvalue weighted by molar-refractivity contribution is 5.90. The number of aromatic nitrogens is 1. The van der Waals surface area contributed by atoms with Gasteiger partial charge in [-0.1, -0.05) is 12.1 Å². The van der Waals surface area contributed by atoms with Crippen LogP contribution in [0.5, 0.6) is 5.75 Å². The highest BCUT2D eigenvalue weighted by Gasteiger charge is 2.11. The van der Waals surface area contributed by atoms with Crippen LogP contribution in [0.3, 0.4) is 0 Å². The van der Waals surface area contributed by atoms with Crippen LogP contribution in [-0.4, -0.2) is 24.2 Å². The second-order valence-electron chi connectivity index (χ2n) is 4.76. The van der Waals surface area contributed by atoms with Gasteiger partial charge < -0.3 is 15.4 Å². The van der Waals surface area contributed by atoms with Crippen LogP contribution < -0.4 is 15.4 Å². The number of nitrogens with zero attached hydrogens (tertiary/aromatic N) is 1. The summed E-state index contributed by atoms with van der Waals surface area (Å²) in [6.45, 7) is -0.896. The second-order valence-corrected chi connectivity index (χ2v) is 4.76. The predicted octanol–water partition coefficient (Wildman–Crippen LogP) is 3.36. The van der Waals surface area contributed by atoms with Crippen LogP contribution >= 0.6 is 0 Å². The molecular formula is C16H17F2N3O2. The van der Waals surface area contributed by atoms with E-state index in [0.29, 0.717) is 24.2 Å². The van der Waals surface area contributed by atoms with Gasteiger partial charge in [0.05, 0.1) is 0 Å². The number of ether oxygens (including phenoxy) is 1. The standard InChI is InChI=1S/C16H17F2N3O2/c1-11-13(6-4-7-14(11)23-15(17)18)21-16(22)20-10-8-12-5-2-3-9-19-12/h2-7,9,15H,8,10H2,1H3,(H2,20,21,22). The molecule has 2 rings (SSSR count). The first-order chi connectivity index (χ1) is 11.1. The Kier molecular flexibility index (Phi) is 5.85. The quantitative estimate of drug-likeness (QED) is 0.857. The number of carbonyl (C=O) groups is 1. The SMILES string of the molecule is Cc1c(NC(=O)NCCc2ccccn2)cccc1OC(F)F. The molecule has 1 aromatic heterocycles. The molecule has 2 amide bonds. The summed E-state index contributed by atoms with van der Waals surface area (Å²) in [6, 6.07) is 9.72. The van der Waals surface area contributed by atoms with Crippen LogP contribution in [0.2, 0.25) is 0 Å². The van der Waals surface area contributed by atoms with Crippen molar-refractivity contribution in [2.45, 2.75) is 20.0 Å². The summed E-state index contributed by atoms with van der Waals surface area (Å²) < 4.78 is 29.0. The molecule has 122 valence electrons. The van der Waals surface area contributed by atoms with Gasteiger partial charge in [-0.25, -0.2) is 4.79 Å². The number of urea groups is 1. The molecule has 0 spiro atoms. The predicted molar refractivity (Wildman–Crippen MR) is 82.8 cm³/mol. The minimum atomic E-state index is -2.91. The lowest BCUT2D eigenvalue weighted by molar-refractivity contribution is -0.0502. The topological polar surface area (TPSA) is 63.2 Å². The van der Waals surface area contributed by atoms with Crippen molar-refractivity contribution in [3.63, 3.8) is 0 Å². The van der Waals surface area contributed by atoms with Crippen molar-refractivity contribution in [3.05, 3.63) is 53.9 Å². The molecule has 0 aliphatic heterocycles. The number of anilines is 1. The molecule has 1 heterocycles. The van der Waals surface area contributed by atoms with Crippen molar-refractivity contribution in [2.24, 2.45) is 0 Å². The fourth-order valence-corrected chi connectivity index (χ4v) is 1.99. The van der Waals surface area contributed by atoms with Crippen LogP contribution in [0.4, 0.5) is 19.3 Å². The zero-order valence-corrected chi connectivity index (χ0v) is 12.6. The summed E-state index contributed by atoms with van der Waals surface area (Å²) in [7, 11) is 0. The minimum absolute atomic E-state index is 0.0336. The van der Waals surface area contributed by atoms with Gasteiger partial charge in [0.25, 0.3) is 0 Å². The smallest absolute Gasteiger partial charge is 0.387 e. The summed E-state index contributed by atoms with van der Waals surface area (Å²) in [4.78, 5) is 16.0. The third kappa shape index (κ3) is 5.21. The number of carbonyl (C=O) groups excluding carboxylic acids is 1. The molecule has 23 heavy (non-hydrogen) atoms. The number of alkyl halides is 2. The molecule has 2 N–H and O–H groups in total. The first-order valence-corrected chi connectivity index (χ1v) is 7.05. The molecule has 0 aliphatic carbocycles. The van der Waals surface area contributed by atoms with Crippen molar-refractivity contribution in [1.29, 1.82) is 0 Å². The Balaban J connectivity index is 1.87. The van der Waals surface area contributed by atoms with E-state index in [-0.39, 0.29) is 5.75 Å². The molecule has 1 aromatic carbocycles. The van der Waals surface area contributed by atoms with E-state index in [4.69, 9.17) is 0 Å². The molecule has 7 heteroatoms. The van der Waals surface area contributed by atoms with E-state index < -0.39 is 12.6 Å². The van der Waals surface area contributed by atoms with Gasteiger partial charge in [-0.15, -0.1) is 0 Å². The summed E-state index contributed by atoms with van der Waals surface area (Å²) in [5.41, 5.74) is 1.72. The maximum absolute atomic E-state index is 12.3. The van der Waals surface area contributed by atoms with Gasteiger partial charge in [0.15, 0.2) is 0 Å². The molecular weight excluding hydrogens is 304 g/mol. The molecule has 0 bridgehead atoms. The van der Waals surface area contributed by atoms with Gasteiger partial charge in [0.2, 0.25) is 0 Å². The molecule has 0 fully saturated rings. The number of amides is 2. The Morgan fingerprint density at radius 2 is 2.09 bits per heavy atom. The Bertz CT molecular complexity index is 651. The second kappa shape index (κ2) is 8.07. The maximum atomic E-state index is 12.3. The molecule has 0 radical (unpaired) electrons. The monoisotopic (exact) mass is 321 g/mol. The Hall–Kier alpha value is -2.70. The average Bonchev–Trinajstić information content (AvgIpc) is 2.52. The normalized spacial score (nSPS) is 10.4. The van der Waals surface area contributed by atoms with Crippen molar-refractivity contribution in [3.8, 4) is 5.75 Å². The Morgan fingerprint density at radius 1 is 1.26 bits per heavy atom. The maximum Gasteiger partial charge on any atom is 0.387 e. The van der Waals surface area contributed by atoms with Gasteiger partial charge in [-0.2, -0.15) is 8.78 Å². The highest BCUT2D eigenvalue weighted by Crippen LogP contribution is 2.26. The third-order valence-corrected chi connectivity index (χ3v) is 3.14. The number of halogens is 2.